The summed E-state index contributed by atoms with van der Waals surface area (Å²) in [7, 11) is 1.85. The zero-order valence-electron chi connectivity index (χ0n) is 25.0. The van der Waals surface area contributed by atoms with Gasteiger partial charge in [-0.25, -0.2) is 0 Å². The van der Waals surface area contributed by atoms with E-state index in [1.54, 1.807) is 0 Å². The van der Waals surface area contributed by atoms with Crippen molar-refractivity contribution in [2.75, 3.05) is 13.7 Å². The van der Waals surface area contributed by atoms with E-state index < -0.39 is 0 Å². The van der Waals surface area contributed by atoms with E-state index in [9.17, 15) is 4.79 Å². The largest absolute Gasteiger partial charge is 0.500 e. The Hall–Kier alpha value is -1.35. The molecule has 3 heteroatoms. The monoisotopic (exact) mass is 507 g/mol. The molecule has 0 saturated heterocycles. The van der Waals surface area contributed by atoms with Gasteiger partial charge in [0.2, 0.25) is 0 Å². The molecule has 0 aromatic rings. The molecule has 0 aromatic carbocycles. The maximum absolute atomic E-state index is 14.3. The van der Waals surface area contributed by atoms with Crippen molar-refractivity contribution in [3.05, 3.63) is 35.1 Å². The van der Waals surface area contributed by atoms with Crippen molar-refractivity contribution in [2.24, 2.45) is 56.5 Å². The molecule has 0 heterocycles. The number of nitrogens with two attached hydrogens (primary N) is 1. The number of rotatable bonds is 4. The summed E-state index contributed by atoms with van der Waals surface area (Å²) in [6.07, 6.45) is 17.1. The summed E-state index contributed by atoms with van der Waals surface area (Å²) in [5.74, 6) is 3.06. The number of carbonyl (C=O) groups is 1. The molecule has 2 N–H and O–H groups in total. The zero-order valence-corrected chi connectivity index (χ0v) is 25.0. The Labute approximate surface area is 226 Å². The summed E-state index contributed by atoms with van der Waals surface area (Å²) in [6, 6.07) is 0. The van der Waals surface area contributed by atoms with Gasteiger partial charge in [0.15, 0.2) is 5.78 Å². The third-order valence-electron chi connectivity index (χ3n) is 12.5. The highest BCUT2D eigenvalue weighted by molar-refractivity contribution is 5.95. The molecule has 3 saturated carbocycles. The number of fused-ring (bicyclic) bond motifs is 7. The fourth-order valence-electron chi connectivity index (χ4n) is 10.8. The second kappa shape index (κ2) is 8.83. The topological polar surface area (TPSA) is 52.3 Å². The minimum absolute atomic E-state index is 0.0270. The molecular formula is C34H53NO2. The Morgan fingerprint density at radius 3 is 2.38 bits per heavy atom. The van der Waals surface area contributed by atoms with E-state index in [2.05, 4.69) is 66.7 Å². The van der Waals surface area contributed by atoms with Gasteiger partial charge in [-0.15, -0.1) is 0 Å². The Bertz CT molecular complexity index is 1050. The van der Waals surface area contributed by atoms with Crippen LogP contribution in [0.3, 0.4) is 0 Å². The molecule has 0 radical (unpaired) electrons. The van der Waals surface area contributed by atoms with E-state index in [0.717, 1.165) is 38.0 Å². The van der Waals surface area contributed by atoms with E-state index in [1.165, 1.54) is 43.3 Å². The second-order valence-electron chi connectivity index (χ2n) is 15.4. The highest BCUT2D eigenvalue weighted by atomic mass is 16.5. The van der Waals surface area contributed by atoms with Crippen LogP contribution in [0, 0.1) is 50.7 Å². The van der Waals surface area contributed by atoms with Crippen molar-refractivity contribution in [1.29, 1.82) is 0 Å². The molecule has 37 heavy (non-hydrogen) atoms. The first-order chi connectivity index (χ1) is 17.3. The predicted molar refractivity (Wildman–Crippen MR) is 153 cm³/mol. The van der Waals surface area contributed by atoms with Gasteiger partial charge in [0, 0.05) is 11.3 Å². The number of hydrogen-bond donors (Lipinski definition) is 1. The third-order valence-corrected chi connectivity index (χ3v) is 12.5. The maximum Gasteiger partial charge on any atom is 0.159 e. The summed E-state index contributed by atoms with van der Waals surface area (Å²) in [6.45, 7) is 17.5. The molecule has 0 aromatic heterocycles. The first kappa shape index (κ1) is 27.2. The van der Waals surface area contributed by atoms with Crippen molar-refractivity contribution >= 4 is 5.78 Å². The van der Waals surface area contributed by atoms with Crippen LogP contribution in [0.4, 0.5) is 0 Å². The van der Waals surface area contributed by atoms with Crippen molar-refractivity contribution < 1.29 is 9.53 Å². The van der Waals surface area contributed by atoms with Crippen LogP contribution in [-0.4, -0.2) is 19.4 Å². The number of ketones is 1. The lowest BCUT2D eigenvalue weighted by Gasteiger charge is -2.66. The molecule has 0 amide bonds. The van der Waals surface area contributed by atoms with Crippen LogP contribution in [0.15, 0.2) is 35.1 Å². The molecular weight excluding hydrogens is 454 g/mol. The molecule has 5 aliphatic rings. The average Bonchev–Trinajstić information content (AvgIpc) is 2.83. The second-order valence-corrected chi connectivity index (χ2v) is 15.4. The van der Waals surface area contributed by atoms with Gasteiger partial charge in [-0.2, -0.15) is 0 Å². The van der Waals surface area contributed by atoms with Crippen molar-refractivity contribution in [3.63, 3.8) is 0 Å². The zero-order chi connectivity index (χ0) is 27.0. The number of hydrogen-bond acceptors (Lipinski definition) is 3. The maximum atomic E-state index is 14.3. The van der Waals surface area contributed by atoms with Gasteiger partial charge in [-0.05, 0) is 115 Å². The van der Waals surface area contributed by atoms with Crippen LogP contribution in [0.5, 0.6) is 0 Å². The lowest BCUT2D eigenvalue weighted by atomic mass is 9.38. The molecule has 3 fully saturated rings. The van der Waals surface area contributed by atoms with Crippen LogP contribution in [-0.2, 0) is 9.53 Å². The summed E-state index contributed by atoms with van der Waals surface area (Å²) in [5, 5.41) is 0. The summed E-state index contributed by atoms with van der Waals surface area (Å²) < 4.78 is 6.11. The fraction of sp³-hybridized carbons (Fsp3) is 0.794. The van der Waals surface area contributed by atoms with Crippen molar-refractivity contribution in [3.8, 4) is 0 Å². The van der Waals surface area contributed by atoms with Gasteiger partial charge in [0.1, 0.15) is 5.76 Å². The van der Waals surface area contributed by atoms with Crippen molar-refractivity contribution in [2.45, 2.75) is 106 Å². The first-order valence-electron chi connectivity index (χ1n) is 15.2. The standard InChI is InChI=1S/C34H53NO2/c1-9-10-11-22-19-33(7)26(31(4,5)29(22)37-8)13-14-32(6)23-12-15-34(21-35)17-16-30(2,3)20-24(34)28(23)25(36)18-27(32)33/h10-11,18,23-24,26,28H,9,12-17,19-21,35H2,1-8H3/b11-10+. The van der Waals surface area contributed by atoms with Gasteiger partial charge in [-0.3, -0.25) is 4.79 Å². The smallest absolute Gasteiger partial charge is 0.159 e. The van der Waals surface area contributed by atoms with Crippen LogP contribution < -0.4 is 5.73 Å². The van der Waals surface area contributed by atoms with E-state index in [1.807, 2.05) is 7.11 Å². The first-order valence-corrected chi connectivity index (χ1v) is 15.2. The molecule has 3 nitrogen and oxygen atoms in total. The Morgan fingerprint density at radius 1 is 1.00 bits per heavy atom. The van der Waals surface area contributed by atoms with Crippen molar-refractivity contribution in [1.82, 2.24) is 0 Å². The van der Waals surface area contributed by atoms with E-state index in [4.69, 9.17) is 10.5 Å². The van der Waals surface area contributed by atoms with E-state index in [0.29, 0.717) is 29.0 Å². The van der Waals surface area contributed by atoms with Gasteiger partial charge >= 0.3 is 0 Å². The molecule has 7 atom stereocenters. The third kappa shape index (κ3) is 3.80. The quantitative estimate of drug-likeness (QED) is 0.419. The molecule has 0 spiro atoms. The lowest BCUT2D eigenvalue weighted by Crippen LogP contribution is -2.61. The lowest BCUT2D eigenvalue weighted by molar-refractivity contribution is -0.147. The van der Waals surface area contributed by atoms with E-state index >= 15 is 0 Å². The molecule has 0 bridgehead atoms. The average molecular weight is 508 g/mol. The number of ether oxygens (including phenoxy) is 1. The molecule has 206 valence electrons. The summed E-state index contributed by atoms with van der Waals surface area (Å²) >= 11 is 0. The fourth-order valence-corrected chi connectivity index (χ4v) is 10.8. The van der Waals surface area contributed by atoms with Gasteiger partial charge < -0.3 is 10.5 Å². The minimum Gasteiger partial charge on any atom is -0.500 e. The number of methoxy groups -OCH3 is 1. The molecule has 5 aliphatic carbocycles. The Kier molecular flexibility index (Phi) is 6.50. The Morgan fingerprint density at radius 2 is 1.73 bits per heavy atom. The molecule has 0 aliphatic heterocycles. The van der Waals surface area contributed by atoms with Crippen LogP contribution in [0.1, 0.15) is 106 Å². The summed E-state index contributed by atoms with van der Waals surface area (Å²) in [4.78, 5) is 14.3. The number of carbonyl (C=O) groups excluding carboxylic acids is 1. The highest BCUT2D eigenvalue weighted by Crippen LogP contribution is 2.71. The normalized spacial score (nSPS) is 44.5. The van der Waals surface area contributed by atoms with Crippen LogP contribution in [0.25, 0.3) is 0 Å². The highest BCUT2D eigenvalue weighted by Gasteiger charge is 2.65. The predicted octanol–water partition coefficient (Wildman–Crippen LogP) is 8.01. The number of allylic oxidation sites excluding steroid dienone is 6. The molecule has 7 unspecified atom stereocenters. The van der Waals surface area contributed by atoms with Gasteiger partial charge in [-0.1, -0.05) is 66.2 Å². The molecule has 5 rings (SSSR count). The van der Waals surface area contributed by atoms with Gasteiger partial charge in [0.25, 0.3) is 0 Å². The Balaban J connectivity index is 1.61. The summed E-state index contributed by atoms with van der Waals surface area (Å²) in [5.41, 5.74) is 9.79. The minimum atomic E-state index is -0.0636. The van der Waals surface area contributed by atoms with Crippen LogP contribution >= 0.6 is 0 Å². The van der Waals surface area contributed by atoms with E-state index in [-0.39, 0.29) is 27.6 Å². The van der Waals surface area contributed by atoms with Gasteiger partial charge in [0.05, 0.1) is 7.11 Å². The SMILES string of the molecule is CC/C=C/C1=C(OC)C(C)(C)C2CCC3(C)C(=CC(=O)C4C5CC(C)(C)CCC5(CN)CCC43)C2(C)C1. The van der Waals surface area contributed by atoms with Crippen LogP contribution in [0.2, 0.25) is 0 Å².